The number of ether oxygens (including phenoxy) is 1. The summed E-state index contributed by atoms with van der Waals surface area (Å²) in [7, 11) is 0. The number of alkyl carbamates (subject to hydrolysis) is 1. The minimum absolute atomic E-state index is 0.0310. The van der Waals surface area contributed by atoms with E-state index in [9.17, 15) is 14.0 Å². The van der Waals surface area contributed by atoms with Gasteiger partial charge in [0, 0.05) is 23.8 Å². The highest BCUT2D eigenvalue weighted by Gasteiger charge is 2.42. The van der Waals surface area contributed by atoms with E-state index in [2.05, 4.69) is 15.3 Å². The predicted molar refractivity (Wildman–Crippen MR) is 123 cm³/mol. The Hall–Kier alpha value is -2.94. The number of halogens is 2. The van der Waals surface area contributed by atoms with Crippen molar-refractivity contribution in [1.29, 1.82) is 0 Å². The van der Waals surface area contributed by atoms with E-state index in [1.165, 1.54) is 11.0 Å². The minimum atomic E-state index is -0.602. The van der Waals surface area contributed by atoms with Gasteiger partial charge in [-0.05, 0) is 70.2 Å². The highest BCUT2D eigenvalue weighted by Crippen LogP contribution is 2.38. The molecule has 1 aliphatic carbocycles. The maximum Gasteiger partial charge on any atom is 0.407 e. The van der Waals surface area contributed by atoms with Crippen molar-refractivity contribution < 1.29 is 18.7 Å². The van der Waals surface area contributed by atoms with Crippen LogP contribution in [-0.2, 0) is 11.3 Å². The number of hydrogen-bond acceptors (Lipinski definition) is 5. The number of rotatable bonds is 3. The van der Waals surface area contributed by atoms with Gasteiger partial charge in [0.05, 0.1) is 12.2 Å². The van der Waals surface area contributed by atoms with Gasteiger partial charge in [-0.3, -0.25) is 9.80 Å². The van der Waals surface area contributed by atoms with Crippen LogP contribution in [0.25, 0.3) is 0 Å². The van der Waals surface area contributed by atoms with Crippen LogP contribution in [0.15, 0.2) is 24.4 Å². The van der Waals surface area contributed by atoms with E-state index in [1.807, 2.05) is 0 Å². The molecule has 1 aromatic heterocycles. The lowest BCUT2D eigenvalue weighted by Crippen LogP contribution is -2.52. The summed E-state index contributed by atoms with van der Waals surface area (Å²) in [6, 6.07) is 3.92. The van der Waals surface area contributed by atoms with Crippen LogP contribution in [0.3, 0.4) is 0 Å². The second-order valence-electron chi connectivity index (χ2n) is 9.44. The van der Waals surface area contributed by atoms with Gasteiger partial charge in [0.25, 0.3) is 0 Å². The Morgan fingerprint density at radius 2 is 2.06 bits per heavy atom. The first-order valence-electron chi connectivity index (χ1n) is 10.9. The largest absolute Gasteiger partial charge is 0.444 e. The molecule has 2 heterocycles. The summed E-state index contributed by atoms with van der Waals surface area (Å²) in [6.45, 7) is 7.30. The maximum atomic E-state index is 14.8. The number of carbonyl (C=O) groups is 2. The molecular formula is C23H27ClFN5O3. The zero-order valence-corrected chi connectivity index (χ0v) is 19.8. The van der Waals surface area contributed by atoms with E-state index in [0.29, 0.717) is 36.2 Å². The third-order valence-corrected chi connectivity index (χ3v) is 5.94. The molecular weight excluding hydrogens is 449 g/mol. The second kappa shape index (κ2) is 8.78. The number of carbonyl (C=O) groups excluding carboxylic acids is 2. The molecule has 1 N–H and O–H groups in total. The van der Waals surface area contributed by atoms with Crippen molar-refractivity contribution in [2.24, 2.45) is 0 Å². The highest BCUT2D eigenvalue weighted by molar-refractivity contribution is 6.28. The Kier molecular flexibility index (Phi) is 6.18. The topological polar surface area (TPSA) is 87.7 Å². The molecule has 33 heavy (non-hydrogen) atoms. The van der Waals surface area contributed by atoms with Crippen molar-refractivity contribution in [3.8, 4) is 0 Å². The SMILES string of the molecule is Cc1cccc(F)c1N1Cc2cnc(Cl)nc2N(C2CCC(NC(=O)OC(C)(C)C)C2)C1=O. The Labute approximate surface area is 197 Å². The molecule has 8 nitrogen and oxygen atoms in total. The van der Waals surface area contributed by atoms with Gasteiger partial charge in [0.15, 0.2) is 0 Å². The van der Waals surface area contributed by atoms with E-state index < -0.39 is 17.5 Å². The molecule has 0 radical (unpaired) electrons. The van der Waals surface area contributed by atoms with Crippen LogP contribution < -0.4 is 15.1 Å². The van der Waals surface area contributed by atoms with Crippen molar-refractivity contribution in [2.75, 3.05) is 9.80 Å². The Bertz CT molecular complexity index is 1070. The molecule has 0 bridgehead atoms. The van der Waals surface area contributed by atoms with E-state index >= 15 is 0 Å². The summed E-state index contributed by atoms with van der Waals surface area (Å²) >= 11 is 6.05. The van der Waals surface area contributed by atoms with Gasteiger partial charge in [-0.2, -0.15) is 4.98 Å². The monoisotopic (exact) mass is 475 g/mol. The van der Waals surface area contributed by atoms with Gasteiger partial charge in [0.2, 0.25) is 5.28 Å². The fourth-order valence-electron chi connectivity index (χ4n) is 4.42. The number of para-hydroxylation sites is 1. The number of aromatic nitrogens is 2. The van der Waals surface area contributed by atoms with Crippen molar-refractivity contribution in [2.45, 2.75) is 71.2 Å². The molecule has 1 saturated carbocycles. The third kappa shape index (κ3) is 4.88. The third-order valence-electron chi connectivity index (χ3n) is 5.76. The lowest BCUT2D eigenvalue weighted by molar-refractivity contribution is 0.0505. The van der Waals surface area contributed by atoms with Gasteiger partial charge in [-0.1, -0.05) is 12.1 Å². The summed E-state index contributed by atoms with van der Waals surface area (Å²) in [5.41, 5.74) is 0.951. The zero-order chi connectivity index (χ0) is 23.9. The van der Waals surface area contributed by atoms with Crippen LogP contribution >= 0.6 is 11.6 Å². The number of urea groups is 1. The van der Waals surface area contributed by atoms with E-state index in [0.717, 1.165) is 0 Å². The van der Waals surface area contributed by atoms with Crippen LogP contribution in [0.1, 0.15) is 51.2 Å². The number of nitrogens with zero attached hydrogens (tertiary/aromatic N) is 4. The smallest absolute Gasteiger partial charge is 0.407 e. The van der Waals surface area contributed by atoms with Crippen LogP contribution in [0, 0.1) is 12.7 Å². The molecule has 3 amide bonds. The first-order valence-corrected chi connectivity index (χ1v) is 11.3. The van der Waals surface area contributed by atoms with Crippen molar-refractivity contribution in [3.63, 3.8) is 0 Å². The van der Waals surface area contributed by atoms with Crippen molar-refractivity contribution in [1.82, 2.24) is 15.3 Å². The zero-order valence-electron chi connectivity index (χ0n) is 19.1. The first kappa shape index (κ1) is 23.2. The number of nitrogens with one attached hydrogen (secondary N) is 1. The quantitative estimate of drug-likeness (QED) is 0.633. The Balaban J connectivity index is 1.62. The van der Waals surface area contributed by atoms with E-state index in [-0.39, 0.29) is 35.6 Å². The van der Waals surface area contributed by atoms with Gasteiger partial charge in [-0.25, -0.2) is 19.0 Å². The summed E-state index contributed by atoms with van der Waals surface area (Å²) in [5.74, 6) is -0.0503. The normalized spacial score (nSPS) is 20.6. The standard InChI is InChI=1S/C23H27ClFN5O3/c1-13-6-5-7-17(25)18(13)29-12-14-11-26-20(24)28-19(14)30(22(29)32)16-9-8-15(10-16)27-21(31)33-23(2,3)4/h5-7,11,15-16H,8-10,12H2,1-4H3,(H,27,31). The number of amides is 3. The maximum absolute atomic E-state index is 14.8. The molecule has 2 unspecified atom stereocenters. The average molecular weight is 476 g/mol. The highest BCUT2D eigenvalue weighted by atomic mass is 35.5. The molecule has 1 aromatic carbocycles. The molecule has 2 aromatic rings. The molecule has 10 heteroatoms. The number of aryl methyl sites for hydroxylation is 1. The van der Waals surface area contributed by atoms with Gasteiger partial charge in [-0.15, -0.1) is 0 Å². The lowest BCUT2D eigenvalue weighted by Gasteiger charge is -2.39. The number of hydrogen-bond donors (Lipinski definition) is 1. The molecule has 0 saturated heterocycles. The molecule has 2 atom stereocenters. The van der Waals surface area contributed by atoms with Crippen LogP contribution in [0.4, 0.5) is 25.5 Å². The second-order valence-corrected chi connectivity index (χ2v) is 9.78. The van der Waals surface area contributed by atoms with E-state index in [1.54, 1.807) is 50.9 Å². The molecule has 4 rings (SSSR count). The average Bonchev–Trinajstić information content (AvgIpc) is 3.14. The molecule has 2 aliphatic rings. The summed E-state index contributed by atoms with van der Waals surface area (Å²) in [6.07, 6.45) is 2.89. The number of benzene rings is 1. The fraction of sp³-hybridized carbons (Fsp3) is 0.478. The van der Waals surface area contributed by atoms with Gasteiger partial charge >= 0.3 is 12.1 Å². The number of anilines is 2. The fourth-order valence-corrected chi connectivity index (χ4v) is 4.55. The summed E-state index contributed by atoms with van der Waals surface area (Å²) < 4.78 is 20.1. The van der Waals surface area contributed by atoms with Gasteiger partial charge < -0.3 is 10.1 Å². The molecule has 1 aliphatic heterocycles. The predicted octanol–water partition coefficient (Wildman–Crippen LogP) is 4.97. The summed E-state index contributed by atoms with van der Waals surface area (Å²) in [5, 5.41) is 2.92. The first-order chi connectivity index (χ1) is 15.5. The van der Waals surface area contributed by atoms with Gasteiger partial charge in [0.1, 0.15) is 17.2 Å². The molecule has 0 spiro atoms. The Morgan fingerprint density at radius 1 is 1.30 bits per heavy atom. The van der Waals surface area contributed by atoms with Crippen LogP contribution in [-0.4, -0.2) is 39.8 Å². The molecule has 1 fully saturated rings. The summed E-state index contributed by atoms with van der Waals surface area (Å²) in [4.78, 5) is 37.3. The van der Waals surface area contributed by atoms with E-state index in [4.69, 9.17) is 16.3 Å². The lowest BCUT2D eigenvalue weighted by atomic mass is 10.1. The van der Waals surface area contributed by atoms with Crippen LogP contribution in [0.2, 0.25) is 5.28 Å². The van der Waals surface area contributed by atoms with Crippen LogP contribution in [0.5, 0.6) is 0 Å². The van der Waals surface area contributed by atoms with Crippen molar-refractivity contribution in [3.05, 3.63) is 46.6 Å². The minimum Gasteiger partial charge on any atom is -0.444 e. The molecule has 176 valence electrons. The number of fused-ring (bicyclic) bond motifs is 1. The Morgan fingerprint density at radius 3 is 2.76 bits per heavy atom. The van der Waals surface area contributed by atoms with Crippen molar-refractivity contribution >= 4 is 35.2 Å².